The maximum Gasteiger partial charge on any atom is 0.0184 e. The Morgan fingerprint density at radius 3 is 2.00 bits per heavy atom. The molecule has 0 radical (unpaired) electrons. The van der Waals surface area contributed by atoms with Crippen molar-refractivity contribution < 1.29 is 0 Å². The first kappa shape index (κ1) is 23.5. The molecule has 3 heteroatoms. The molecule has 1 aromatic carbocycles. The largest absolute Gasteiger partial charge is 0.317 e. The van der Waals surface area contributed by atoms with Crippen molar-refractivity contribution in [1.29, 1.82) is 0 Å². The van der Waals surface area contributed by atoms with Crippen molar-refractivity contribution in [2.45, 2.75) is 72.2 Å². The Bertz CT molecular complexity index is 433. The average molecular weight is 379 g/mol. The molecule has 26 heavy (non-hydrogen) atoms. The molecule has 0 fully saturated rings. The van der Waals surface area contributed by atoms with Crippen LogP contribution in [0.2, 0.25) is 0 Å². The molecular weight excluding hydrogens is 336 g/mol. The van der Waals surface area contributed by atoms with Crippen LogP contribution in [-0.2, 0) is 5.75 Å². The molecule has 0 heterocycles. The van der Waals surface area contributed by atoms with E-state index in [1.807, 2.05) is 11.8 Å². The number of benzene rings is 1. The second-order valence-electron chi connectivity index (χ2n) is 8.20. The smallest absolute Gasteiger partial charge is 0.0184 e. The lowest BCUT2D eigenvalue weighted by atomic mass is 9.97. The van der Waals surface area contributed by atoms with Crippen molar-refractivity contribution in [3.8, 4) is 0 Å². The molecule has 1 aromatic rings. The van der Waals surface area contributed by atoms with Gasteiger partial charge in [-0.1, -0.05) is 58.0 Å². The summed E-state index contributed by atoms with van der Waals surface area (Å²) < 4.78 is 0. The summed E-state index contributed by atoms with van der Waals surface area (Å²) in [5.74, 6) is 3.80. The highest BCUT2D eigenvalue weighted by Gasteiger charge is 2.23. The van der Waals surface area contributed by atoms with Crippen LogP contribution in [0.1, 0.15) is 59.9 Å². The normalized spacial score (nSPS) is 14.3. The first-order chi connectivity index (χ1) is 12.4. The molecule has 0 aliphatic carbocycles. The Kier molecular flexibility index (Phi) is 12.3. The molecule has 1 N–H and O–H groups in total. The Balaban J connectivity index is 2.11. The van der Waals surface area contributed by atoms with E-state index >= 15 is 0 Å². The van der Waals surface area contributed by atoms with E-state index in [0.717, 1.165) is 18.8 Å². The zero-order chi connectivity index (χ0) is 19.4. The van der Waals surface area contributed by atoms with Gasteiger partial charge < -0.3 is 5.32 Å². The van der Waals surface area contributed by atoms with Gasteiger partial charge in [0.25, 0.3) is 0 Å². The van der Waals surface area contributed by atoms with Crippen LogP contribution in [0, 0.1) is 11.8 Å². The van der Waals surface area contributed by atoms with E-state index in [4.69, 9.17) is 0 Å². The minimum absolute atomic E-state index is 0.654. The fourth-order valence-corrected chi connectivity index (χ4v) is 4.04. The fraction of sp³-hybridized carbons (Fsp3) is 0.739. The second kappa shape index (κ2) is 13.6. The number of nitrogens with zero attached hydrogens (tertiary/aromatic N) is 1. The van der Waals surface area contributed by atoms with Crippen molar-refractivity contribution in [2.24, 2.45) is 11.8 Å². The van der Waals surface area contributed by atoms with E-state index < -0.39 is 0 Å². The first-order valence-electron chi connectivity index (χ1n) is 10.5. The molecule has 0 saturated carbocycles. The maximum absolute atomic E-state index is 3.64. The highest BCUT2D eigenvalue weighted by Crippen LogP contribution is 2.19. The van der Waals surface area contributed by atoms with Gasteiger partial charge in [-0.05, 0) is 69.5 Å². The molecule has 2 atom stereocenters. The van der Waals surface area contributed by atoms with Crippen LogP contribution in [0.25, 0.3) is 0 Å². The number of nitrogens with one attached hydrogen (secondary N) is 1. The third-order valence-corrected chi connectivity index (χ3v) is 6.61. The Morgan fingerprint density at radius 1 is 0.846 bits per heavy atom. The molecular formula is C23H42N2S. The van der Waals surface area contributed by atoms with Gasteiger partial charge in [-0.2, -0.15) is 11.8 Å². The zero-order valence-electron chi connectivity index (χ0n) is 18.0. The van der Waals surface area contributed by atoms with E-state index in [1.54, 1.807) is 0 Å². The zero-order valence-corrected chi connectivity index (χ0v) is 18.8. The molecule has 2 nitrogen and oxygen atoms in total. The van der Waals surface area contributed by atoms with Gasteiger partial charge >= 0.3 is 0 Å². The van der Waals surface area contributed by atoms with Crippen LogP contribution in [-0.4, -0.2) is 42.4 Å². The SMILES string of the molecule is CC(C)C(C)N(CCCNCCCSCc1ccccc1)C(C)C(C)C. The fourth-order valence-electron chi connectivity index (χ4n) is 3.12. The van der Waals surface area contributed by atoms with Gasteiger partial charge in [0.15, 0.2) is 0 Å². The number of hydrogen-bond donors (Lipinski definition) is 1. The molecule has 2 unspecified atom stereocenters. The Hall–Kier alpha value is -0.510. The van der Waals surface area contributed by atoms with Gasteiger partial charge in [0.05, 0.1) is 0 Å². The predicted molar refractivity (Wildman–Crippen MR) is 120 cm³/mol. The summed E-state index contributed by atoms with van der Waals surface area (Å²) in [7, 11) is 0. The van der Waals surface area contributed by atoms with Gasteiger partial charge in [-0.3, -0.25) is 4.90 Å². The van der Waals surface area contributed by atoms with Crippen molar-refractivity contribution >= 4 is 11.8 Å². The highest BCUT2D eigenvalue weighted by atomic mass is 32.2. The Morgan fingerprint density at radius 2 is 1.42 bits per heavy atom. The summed E-state index contributed by atoms with van der Waals surface area (Å²) in [6.07, 6.45) is 2.50. The van der Waals surface area contributed by atoms with E-state index in [2.05, 4.69) is 82.1 Å². The van der Waals surface area contributed by atoms with Crippen molar-refractivity contribution in [2.75, 3.05) is 25.4 Å². The van der Waals surface area contributed by atoms with Crippen molar-refractivity contribution in [1.82, 2.24) is 10.2 Å². The van der Waals surface area contributed by atoms with E-state index in [-0.39, 0.29) is 0 Å². The quantitative estimate of drug-likeness (QED) is 0.419. The summed E-state index contributed by atoms with van der Waals surface area (Å²) >= 11 is 2.04. The van der Waals surface area contributed by atoms with Crippen LogP contribution in [0.4, 0.5) is 0 Å². The molecule has 0 aliphatic rings. The topological polar surface area (TPSA) is 15.3 Å². The summed E-state index contributed by atoms with van der Waals surface area (Å²) in [4.78, 5) is 2.72. The van der Waals surface area contributed by atoms with Crippen LogP contribution in [0.5, 0.6) is 0 Å². The lowest BCUT2D eigenvalue weighted by Crippen LogP contribution is -2.46. The summed E-state index contributed by atoms with van der Waals surface area (Å²) in [6.45, 7) is 17.6. The third-order valence-electron chi connectivity index (χ3n) is 5.50. The minimum Gasteiger partial charge on any atom is -0.317 e. The van der Waals surface area contributed by atoms with Crippen LogP contribution < -0.4 is 5.32 Å². The molecule has 150 valence electrons. The van der Waals surface area contributed by atoms with Gasteiger partial charge in [0.1, 0.15) is 0 Å². The van der Waals surface area contributed by atoms with Crippen LogP contribution >= 0.6 is 11.8 Å². The number of rotatable bonds is 14. The van der Waals surface area contributed by atoms with E-state index in [1.165, 1.54) is 30.7 Å². The molecule has 0 aromatic heterocycles. The standard InChI is InChI=1S/C23H42N2S/c1-19(2)21(5)25(22(6)20(3)4)16-10-14-24-15-11-17-26-18-23-12-8-7-9-13-23/h7-9,12-13,19-22,24H,10-11,14-18H2,1-6H3. The Labute approximate surface area is 167 Å². The first-order valence-corrected chi connectivity index (χ1v) is 11.7. The molecule has 0 amide bonds. The summed E-state index contributed by atoms with van der Waals surface area (Å²) in [5, 5.41) is 3.64. The van der Waals surface area contributed by atoms with Gasteiger partial charge in [-0.15, -0.1) is 0 Å². The van der Waals surface area contributed by atoms with Crippen LogP contribution in [0.3, 0.4) is 0 Å². The lowest BCUT2D eigenvalue weighted by molar-refractivity contribution is 0.0932. The maximum atomic E-state index is 3.64. The average Bonchev–Trinajstić information content (AvgIpc) is 2.63. The monoisotopic (exact) mass is 378 g/mol. The molecule has 1 rings (SSSR count). The van der Waals surface area contributed by atoms with E-state index in [0.29, 0.717) is 23.9 Å². The minimum atomic E-state index is 0.654. The predicted octanol–water partition coefficient (Wildman–Crippen LogP) is 5.68. The molecule has 0 bridgehead atoms. The van der Waals surface area contributed by atoms with Gasteiger partial charge in [-0.25, -0.2) is 0 Å². The second-order valence-corrected chi connectivity index (χ2v) is 9.31. The molecule has 0 saturated heterocycles. The number of hydrogen-bond acceptors (Lipinski definition) is 3. The van der Waals surface area contributed by atoms with Crippen molar-refractivity contribution in [3.05, 3.63) is 35.9 Å². The molecule has 0 spiro atoms. The van der Waals surface area contributed by atoms with Crippen molar-refractivity contribution in [3.63, 3.8) is 0 Å². The highest BCUT2D eigenvalue weighted by molar-refractivity contribution is 7.98. The summed E-state index contributed by atoms with van der Waals surface area (Å²) in [6, 6.07) is 12.1. The molecule has 0 aliphatic heterocycles. The summed E-state index contributed by atoms with van der Waals surface area (Å²) in [5.41, 5.74) is 1.43. The third kappa shape index (κ3) is 9.43. The lowest BCUT2D eigenvalue weighted by Gasteiger charge is -2.38. The van der Waals surface area contributed by atoms with E-state index in [9.17, 15) is 0 Å². The van der Waals surface area contributed by atoms with Crippen LogP contribution in [0.15, 0.2) is 30.3 Å². The van der Waals surface area contributed by atoms with Gasteiger partial charge in [0.2, 0.25) is 0 Å². The van der Waals surface area contributed by atoms with Gasteiger partial charge in [0, 0.05) is 17.8 Å². The number of thioether (sulfide) groups is 1.